The molecule has 0 spiro atoms. The first-order valence-corrected chi connectivity index (χ1v) is 7.48. The van der Waals surface area contributed by atoms with Crippen LogP contribution < -0.4 is 14.8 Å². The molecule has 1 aliphatic rings. The van der Waals surface area contributed by atoms with Crippen molar-refractivity contribution in [2.75, 3.05) is 19.5 Å². The fraction of sp³-hybridized carbons (Fsp3) is 0.222. The molecule has 6 nitrogen and oxygen atoms in total. The van der Waals surface area contributed by atoms with Crippen molar-refractivity contribution in [3.8, 4) is 11.5 Å². The summed E-state index contributed by atoms with van der Waals surface area (Å²) in [6.07, 6.45) is -0.557. The first-order chi connectivity index (χ1) is 11.9. The number of ketones is 1. The molecule has 2 aromatic carbocycles. The van der Waals surface area contributed by atoms with Gasteiger partial charge in [0.1, 0.15) is 17.3 Å². The number of carbonyl (C=O) groups excluding carboxylic acids is 2. The molecule has 1 amide bonds. The molecule has 0 unspecified atom stereocenters. The van der Waals surface area contributed by atoms with Crippen LogP contribution in [0.15, 0.2) is 36.4 Å². The second kappa shape index (κ2) is 6.18. The summed E-state index contributed by atoms with van der Waals surface area (Å²) in [5, 5.41) is 13.2. The Labute approximate surface area is 143 Å². The maximum atomic E-state index is 13.5. The molecule has 0 aliphatic carbocycles. The van der Waals surface area contributed by atoms with Crippen molar-refractivity contribution in [1.29, 1.82) is 0 Å². The van der Waals surface area contributed by atoms with Gasteiger partial charge in [0.05, 0.1) is 26.2 Å². The van der Waals surface area contributed by atoms with E-state index >= 15 is 0 Å². The zero-order chi connectivity index (χ0) is 18.2. The van der Waals surface area contributed by atoms with E-state index in [0.29, 0.717) is 5.75 Å². The Bertz CT molecular complexity index is 867. The number of amides is 1. The largest absolute Gasteiger partial charge is 0.497 e. The highest BCUT2D eigenvalue weighted by molar-refractivity contribution is 6.10. The third kappa shape index (κ3) is 2.83. The molecule has 130 valence electrons. The molecule has 2 aromatic rings. The number of anilines is 1. The highest BCUT2D eigenvalue weighted by Gasteiger charge is 2.47. The van der Waals surface area contributed by atoms with Crippen LogP contribution in [-0.4, -0.2) is 31.0 Å². The van der Waals surface area contributed by atoms with E-state index in [9.17, 15) is 19.1 Å². The molecule has 25 heavy (non-hydrogen) atoms. The van der Waals surface area contributed by atoms with Gasteiger partial charge in [-0.05, 0) is 36.4 Å². The molecule has 0 saturated carbocycles. The number of carbonyl (C=O) groups is 2. The number of hydrogen-bond acceptors (Lipinski definition) is 5. The Kier molecular flexibility index (Phi) is 4.18. The van der Waals surface area contributed by atoms with Gasteiger partial charge in [-0.2, -0.15) is 0 Å². The number of methoxy groups -OCH3 is 2. The van der Waals surface area contributed by atoms with Gasteiger partial charge in [0, 0.05) is 11.3 Å². The standard InChI is InChI=1S/C18H16FNO5/c1-24-11-4-6-16(25-2)12(8-11)15(21)9-18(23)13-7-10(19)3-5-14(13)20-17(18)22/h3-8,23H,9H2,1-2H3,(H,20,22)/t18-/m0/s1. The monoisotopic (exact) mass is 345 g/mol. The van der Waals surface area contributed by atoms with Gasteiger partial charge >= 0.3 is 0 Å². The SMILES string of the molecule is COc1ccc(OC)c(C(=O)C[C@@]2(O)C(=O)Nc3ccc(F)cc32)c1. The number of benzene rings is 2. The number of fused-ring (bicyclic) bond motifs is 1. The molecule has 2 N–H and O–H groups in total. The Morgan fingerprint density at radius 3 is 2.64 bits per heavy atom. The Hall–Kier alpha value is -2.93. The molecule has 7 heteroatoms. The van der Waals surface area contributed by atoms with Gasteiger partial charge in [0.25, 0.3) is 5.91 Å². The third-order valence-corrected chi connectivity index (χ3v) is 4.17. The van der Waals surface area contributed by atoms with Crippen molar-refractivity contribution in [3.63, 3.8) is 0 Å². The van der Waals surface area contributed by atoms with Crippen molar-refractivity contribution >= 4 is 17.4 Å². The van der Waals surface area contributed by atoms with Gasteiger partial charge in [-0.3, -0.25) is 9.59 Å². The lowest BCUT2D eigenvalue weighted by molar-refractivity contribution is -0.133. The molecule has 0 fully saturated rings. The third-order valence-electron chi connectivity index (χ3n) is 4.17. The lowest BCUT2D eigenvalue weighted by atomic mass is 9.88. The number of ether oxygens (including phenoxy) is 2. The summed E-state index contributed by atoms with van der Waals surface area (Å²) in [4.78, 5) is 24.9. The maximum absolute atomic E-state index is 13.5. The summed E-state index contributed by atoms with van der Waals surface area (Å²) in [5.74, 6) is -1.21. The van der Waals surface area contributed by atoms with Gasteiger partial charge in [0.2, 0.25) is 0 Å². The lowest BCUT2D eigenvalue weighted by Crippen LogP contribution is -2.36. The molecule has 0 radical (unpaired) electrons. The van der Waals surface area contributed by atoms with Crippen LogP contribution in [0.5, 0.6) is 11.5 Å². The van der Waals surface area contributed by atoms with Crippen LogP contribution in [0.3, 0.4) is 0 Å². The Morgan fingerprint density at radius 2 is 1.96 bits per heavy atom. The molecule has 1 aliphatic heterocycles. The average Bonchev–Trinajstić information content (AvgIpc) is 2.85. The highest BCUT2D eigenvalue weighted by atomic mass is 19.1. The van der Waals surface area contributed by atoms with Gasteiger partial charge in [-0.25, -0.2) is 4.39 Å². The van der Waals surface area contributed by atoms with Crippen LogP contribution in [0.2, 0.25) is 0 Å². The van der Waals surface area contributed by atoms with Crippen molar-refractivity contribution in [3.05, 3.63) is 53.3 Å². The van der Waals surface area contributed by atoms with Crippen LogP contribution in [0.25, 0.3) is 0 Å². The van der Waals surface area contributed by atoms with Gasteiger partial charge in [-0.1, -0.05) is 0 Å². The zero-order valence-electron chi connectivity index (χ0n) is 13.6. The van der Waals surface area contributed by atoms with Gasteiger partial charge in [0.15, 0.2) is 11.4 Å². The van der Waals surface area contributed by atoms with E-state index in [-0.39, 0.29) is 22.6 Å². The average molecular weight is 345 g/mol. The summed E-state index contributed by atoms with van der Waals surface area (Å²) in [6, 6.07) is 8.19. The topological polar surface area (TPSA) is 84.9 Å². The minimum Gasteiger partial charge on any atom is -0.497 e. The van der Waals surface area contributed by atoms with Crippen molar-refractivity contribution in [1.82, 2.24) is 0 Å². The van der Waals surface area contributed by atoms with E-state index in [1.54, 1.807) is 12.1 Å². The molecular weight excluding hydrogens is 329 g/mol. The summed E-state index contributed by atoms with van der Waals surface area (Å²) < 4.78 is 23.8. The van der Waals surface area contributed by atoms with Gasteiger partial charge < -0.3 is 19.9 Å². The molecule has 0 bridgehead atoms. The smallest absolute Gasteiger partial charge is 0.261 e. The van der Waals surface area contributed by atoms with Crippen molar-refractivity contribution in [2.45, 2.75) is 12.0 Å². The second-order valence-electron chi connectivity index (χ2n) is 5.67. The van der Waals surface area contributed by atoms with E-state index < -0.39 is 29.5 Å². The summed E-state index contributed by atoms with van der Waals surface area (Å²) in [6.45, 7) is 0. The minimum absolute atomic E-state index is 0.0349. The van der Waals surface area contributed by atoms with E-state index in [1.807, 2.05) is 0 Å². The zero-order valence-corrected chi connectivity index (χ0v) is 13.6. The fourth-order valence-electron chi connectivity index (χ4n) is 2.85. The first-order valence-electron chi connectivity index (χ1n) is 7.48. The second-order valence-corrected chi connectivity index (χ2v) is 5.67. The van der Waals surface area contributed by atoms with Crippen molar-refractivity contribution < 1.29 is 28.6 Å². The highest BCUT2D eigenvalue weighted by Crippen LogP contribution is 2.40. The van der Waals surface area contributed by atoms with E-state index in [2.05, 4.69) is 5.32 Å². The van der Waals surface area contributed by atoms with E-state index in [4.69, 9.17) is 9.47 Å². The molecular formula is C18H16FNO5. The number of aliphatic hydroxyl groups is 1. The number of hydrogen-bond donors (Lipinski definition) is 2. The van der Waals surface area contributed by atoms with Crippen LogP contribution in [0, 0.1) is 5.82 Å². The molecule has 3 rings (SSSR count). The fourth-order valence-corrected chi connectivity index (χ4v) is 2.85. The quantitative estimate of drug-likeness (QED) is 0.812. The van der Waals surface area contributed by atoms with Crippen LogP contribution >= 0.6 is 0 Å². The Balaban J connectivity index is 1.99. The predicted octanol–water partition coefficient (Wildman–Crippen LogP) is 2.26. The summed E-state index contributed by atoms with van der Waals surface area (Å²) >= 11 is 0. The normalized spacial score (nSPS) is 18.5. The van der Waals surface area contributed by atoms with Crippen LogP contribution in [0.4, 0.5) is 10.1 Å². The maximum Gasteiger partial charge on any atom is 0.261 e. The summed E-state index contributed by atoms with van der Waals surface area (Å²) in [7, 11) is 2.85. The summed E-state index contributed by atoms with van der Waals surface area (Å²) in [5.41, 5.74) is -1.68. The molecule has 1 heterocycles. The molecule has 0 saturated heterocycles. The number of nitrogens with one attached hydrogen (secondary N) is 1. The predicted molar refractivity (Wildman–Crippen MR) is 87.4 cm³/mol. The van der Waals surface area contributed by atoms with Crippen molar-refractivity contribution in [2.24, 2.45) is 0 Å². The Morgan fingerprint density at radius 1 is 1.20 bits per heavy atom. The first kappa shape index (κ1) is 16.9. The van der Waals surface area contributed by atoms with E-state index in [1.165, 1.54) is 26.4 Å². The molecule has 0 aromatic heterocycles. The number of Topliss-reactive ketones (excluding diaryl/α,β-unsaturated/α-hetero) is 1. The lowest BCUT2D eigenvalue weighted by Gasteiger charge is -2.20. The van der Waals surface area contributed by atoms with Gasteiger partial charge in [-0.15, -0.1) is 0 Å². The number of rotatable bonds is 5. The van der Waals surface area contributed by atoms with Crippen LogP contribution in [-0.2, 0) is 10.4 Å². The molecule has 1 atom stereocenters. The minimum atomic E-state index is -2.15. The van der Waals surface area contributed by atoms with Crippen LogP contribution in [0.1, 0.15) is 22.3 Å². The van der Waals surface area contributed by atoms with E-state index in [0.717, 1.165) is 12.1 Å². The number of halogens is 1.